The van der Waals surface area contributed by atoms with Crippen LogP contribution in [0.15, 0.2) is 11.0 Å². The SMILES string of the molecule is CC(C)c1cc(C(C)C)c(S(=O)(=O)O)c(C(C)C)c1[N+](C)=O. The van der Waals surface area contributed by atoms with Crippen LogP contribution < -0.4 is 0 Å². The van der Waals surface area contributed by atoms with E-state index in [-0.39, 0.29) is 22.6 Å². The van der Waals surface area contributed by atoms with Crippen LogP contribution in [0.3, 0.4) is 0 Å². The summed E-state index contributed by atoms with van der Waals surface area (Å²) in [4.78, 5) is 12.0. The van der Waals surface area contributed by atoms with E-state index in [1.807, 2.05) is 41.5 Å². The molecule has 124 valence electrons. The Morgan fingerprint density at radius 3 is 1.68 bits per heavy atom. The van der Waals surface area contributed by atoms with Crippen LogP contribution in [0.4, 0.5) is 5.69 Å². The third-order valence-corrected chi connectivity index (χ3v) is 4.71. The molecule has 0 amide bonds. The second kappa shape index (κ2) is 6.46. The van der Waals surface area contributed by atoms with Gasteiger partial charge < -0.3 is 0 Å². The van der Waals surface area contributed by atoms with Crippen LogP contribution in [-0.2, 0) is 10.1 Å². The molecule has 0 saturated carbocycles. The van der Waals surface area contributed by atoms with Crippen LogP contribution in [0.1, 0.15) is 76.0 Å². The first-order chi connectivity index (χ1) is 9.89. The molecule has 0 radical (unpaired) electrons. The lowest BCUT2D eigenvalue weighted by molar-refractivity contribution is -0.430. The Balaban J connectivity index is 4.14. The Labute approximate surface area is 133 Å². The number of hydrogen-bond donors (Lipinski definition) is 1. The van der Waals surface area contributed by atoms with Gasteiger partial charge in [0.2, 0.25) is 0 Å². The topological polar surface area (TPSA) is 74.5 Å². The molecule has 22 heavy (non-hydrogen) atoms. The van der Waals surface area contributed by atoms with Crippen molar-refractivity contribution in [1.29, 1.82) is 0 Å². The number of rotatable bonds is 5. The zero-order chi connectivity index (χ0) is 17.4. The van der Waals surface area contributed by atoms with Gasteiger partial charge >= 0.3 is 0 Å². The highest BCUT2D eigenvalue weighted by molar-refractivity contribution is 7.86. The molecule has 0 aromatic heterocycles. The fourth-order valence-electron chi connectivity index (χ4n) is 2.76. The van der Waals surface area contributed by atoms with Crippen molar-refractivity contribution in [2.45, 2.75) is 64.2 Å². The minimum absolute atomic E-state index is 0.0665. The fourth-order valence-corrected chi connectivity index (χ4v) is 3.97. The largest absolute Gasteiger partial charge is 0.295 e. The van der Waals surface area contributed by atoms with E-state index in [1.165, 1.54) is 7.05 Å². The first-order valence-electron chi connectivity index (χ1n) is 7.48. The van der Waals surface area contributed by atoms with E-state index >= 15 is 0 Å². The van der Waals surface area contributed by atoms with E-state index < -0.39 is 10.1 Å². The third kappa shape index (κ3) is 3.55. The molecule has 0 spiro atoms. The minimum Gasteiger partial charge on any atom is -0.282 e. The lowest BCUT2D eigenvalue weighted by Gasteiger charge is -2.21. The van der Waals surface area contributed by atoms with Crippen molar-refractivity contribution in [2.75, 3.05) is 7.05 Å². The maximum atomic E-state index is 12.1. The Morgan fingerprint density at radius 1 is 0.955 bits per heavy atom. The number of nitrogens with zero attached hydrogens (tertiary/aromatic N) is 1. The molecule has 6 heteroatoms. The average Bonchev–Trinajstić information content (AvgIpc) is 2.34. The monoisotopic (exact) mass is 328 g/mol. The van der Waals surface area contributed by atoms with Crippen LogP contribution in [0.2, 0.25) is 0 Å². The molecule has 0 aliphatic heterocycles. The van der Waals surface area contributed by atoms with Crippen molar-refractivity contribution < 1.29 is 17.7 Å². The summed E-state index contributed by atoms with van der Waals surface area (Å²) in [6.45, 7) is 11.3. The van der Waals surface area contributed by atoms with Crippen LogP contribution in [0.5, 0.6) is 0 Å². The normalized spacial score (nSPS) is 12.5. The average molecular weight is 328 g/mol. The van der Waals surface area contributed by atoms with Gasteiger partial charge in [0, 0.05) is 15.2 Å². The molecule has 0 aliphatic carbocycles. The van der Waals surface area contributed by atoms with Crippen molar-refractivity contribution >= 4 is 15.8 Å². The van der Waals surface area contributed by atoms with Gasteiger partial charge in [0.15, 0.2) is 7.05 Å². The predicted molar refractivity (Wildman–Crippen MR) is 87.7 cm³/mol. The van der Waals surface area contributed by atoms with Crippen LogP contribution in [0.25, 0.3) is 0 Å². The molecule has 0 heterocycles. The van der Waals surface area contributed by atoms with Gasteiger partial charge in [-0.25, -0.2) is 0 Å². The van der Waals surface area contributed by atoms with Gasteiger partial charge in [-0.2, -0.15) is 8.42 Å². The first-order valence-corrected chi connectivity index (χ1v) is 8.92. The molecule has 0 bridgehead atoms. The van der Waals surface area contributed by atoms with Gasteiger partial charge in [0.05, 0.1) is 5.56 Å². The van der Waals surface area contributed by atoms with E-state index in [2.05, 4.69) is 0 Å². The molecular weight excluding hydrogens is 302 g/mol. The fraction of sp³-hybridized carbons (Fsp3) is 0.625. The Kier molecular flexibility index (Phi) is 5.51. The highest BCUT2D eigenvalue weighted by Gasteiger charge is 2.34. The Bertz CT molecular complexity index is 689. The maximum absolute atomic E-state index is 12.1. The molecular formula is C16H26NO4S+. The molecule has 0 saturated heterocycles. The summed E-state index contributed by atoms with van der Waals surface area (Å²) in [6.07, 6.45) is 0. The van der Waals surface area contributed by atoms with E-state index in [1.54, 1.807) is 6.07 Å². The van der Waals surface area contributed by atoms with Gasteiger partial charge in [-0.15, -0.1) is 0 Å². The quantitative estimate of drug-likeness (QED) is 0.644. The Morgan fingerprint density at radius 2 is 1.41 bits per heavy atom. The summed E-state index contributed by atoms with van der Waals surface area (Å²) >= 11 is 0. The molecule has 0 aliphatic rings. The molecule has 0 atom stereocenters. The van der Waals surface area contributed by atoms with E-state index in [0.717, 1.165) is 5.56 Å². The predicted octanol–water partition coefficient (Wildman–Crippen LogP) is 4.34. The molecule has 0 fully saturated rings. The Hall–Kier alpha value is -1.27. The minimum atomic E-state index is -4.42. The summed E-state index contributed by atoms with van der Waals surface area (Å²) in [5, 5.41) is 0. The lowest BCUT2D eigenvalue weighted by Crippen LogP contribution is -2.15. The molecule has 1 N–H and O–H groups in total. The van der Waals surface area contributed by atoms with Gasteiger partial charge in [-0.1, -0.05) is 41.5 Å². The smallest absolute Gasteiger partial charge is 0.282 e. The van der Waals surface area contributed by atoms with Crippen LogP contribution in [-0.4, -0.2) is 24.8 Å². The second-order valence-electron chi connectivity index (χ2n) is 6.58. The summed E-state index contributed by atoms with van der Waals surface area (Å²) in [5.41, 5.74) is 2.11. The zero-order valence-electron chi connectivity index (χ0n) is 14.3. The van der Waals surface area contributed by atoms with Gasteiger partial charge in [0.1, 0.15) is 4.90 Å². The number of nitroso groups, excluding NO2 is 1. The van der Waals surface area contributed by atoms with Gasteiger partial charge in [-0.3, -0.25) is 4.55 Å². The van der Waals surface area contributed by atoms with Gasteiger partial charge in [-0.05, 0) is 29.4 Å². The van der Waals surface area contributed by atoms with E-state index in [9.17, 15) is 17.9 Å². The molecule has 0 unspecified atom stereocenters. The van der Waals surface area contributed by atoms with Crippen molar-refractivity contribution in [3.8, 4) is 0 Å². The number of hydrogen-bond acceptors (Lipinski definition) is 3. The highest BCUT2D eigenvalue weighted by atomic mass is 32.2. The van der Waals surface area contributed by atoms with E-state index in [4.69, 9.17) is 0 Å². The van der Waals surface area contributed by atoms with Crippen molar-refractivity contribution in [3.63, 3.8) is 0 Å². The molecule has 1 rings (SSSR count). The first kappa shape index (κ1) is 18.8. The maximum Gasteiger partial charge on any atom is 0.295 e. The second-order valence-corrected chi connectivity index (χ2v) is 7.94. The standard InChI is InChI=1S/C16H25NO4S/c1-9(2)12-8-13(10(3)4)16(22(19,20)21)14(11(5)6)15(12)17(7)18/h8-11H,1-7H3/p+1. The van der Waals surface area contributed by atoms with Gasteiger partial charge in [0.25, 0.3) is 15.8 Å². The summed E-state index contributed by atoms with van der Waals surface area (Å²) in [5.74, 6) is -0.227. The molecule has 1 aromatic carbocycles. The third-order valence-electron chi connectivity index (χ3n) is 3.74. The van der Waals surface area contributed by atoms with Crippen LogP contribution in [0, 0.1) is 4.91 Å². The summed E-state index contributed by atoms with van der Waals surface area (Å²) < 4.78 is 34.4. The lowest BCUT2D eigenvalue weighted by atomic mass is 9.87. The number of benzene rings is 1. The van der Waals surface area contributed by atoms with Crippen molar-refractivity contribution in [2.24, 2.45) is 0 Å². The highest BCUT2D eigenvalue weighted by Crippen LogP contribution is 2.42. The zero-order valence-corrected chi connectivity index (χ0v) is 15.2. The van der Waals surface area contributed by atoms with Crippen LogP contribution >= 0.6 is 0 Å². The molecule has 5 nitrogen and oxygen atoms in total. The summed E-state index contributed by atoms with van der Waals surface area (Å²) in [7, 11) is -3.06. The summed E-state index contributed by atoms with van der Waals surface area (Å²) in [6, 6.07) is 1.74. The van der Waals surface area contributed by atoms with E-state index in [0.29, 0.717) is 21.6 Å². The van der Waals surface area contributed by atoms with Crippen molar-refractivity contribution in [3.05, 3.63) is 27.7 Å². The van der Waals surface area contributed by atoms with Crippen molar-refractivity contribution in [1.82, 2.24) is 0 Å². The molecule has 1 aromatic rings.